The molecule has 0 aromatic carbocycles. The number of rotatable bonds is 0. The summed E-state index contributed by atoms with van der Waals surface area (Å²) in [5.74, 6) is 0. The molecule has 2 aromatic heterocycles. The van der Waals surface area contributed by atoms with Gasteiger partial charge in [-0.25, -0.2) is 19.3 Å². The van der Waals surface area contributed by atoms with Gasteiger partial charge in [0.2, 0.25) is 0 Å². The lowest BCUT2D eigenvalue weighted by Gasteiger charge is -1.97. The molecule has 2 rings (SSSR count). The summed E-state index contributed by atoms with van der Waals surface area (Å²) in [5, 5.41) is 6.02. The third-order valence-corrected chi connectivity index (χ3v) is 1.70. The van der Waals surface area contributed by atoms with E-state index in [2.05, 4.69) is 15.2 Å². The minimum Gasteiger partial charge on any atom is -0.394 e. The minimum absolute atomic E-state index is 0.329. The zero-order chi connectivity index (χ0) is 8.72. The van der Waals surface area contributed by atoms with Crippen LogP contribution in [0.2, 0.25) is 0 Å². The van der Waals surface area contributed by atoms with Crippen LogP contribution in [0.5, 0.6) is 0 Å². The van der Waals surface area contributed by atoms with Crippen LogP contribution < -0.4 is 11.4 Å². The third kappa shape index (κ3) is 0.714. The van der Waals surface area contributed by atoms with Gasteiger partial charge < -0.3 is 5.73 Å². The molecule has 0 aliphatic rings. The summed E-state index contributed by atoms with van der Waals surface area (Å²) in [6, 6.07) is 0. The monoisotopic (exact) mass is 165 g/mol. The molecule has 62 valence electrons. The van der Waals surface area contributed by atoms with Gasteiger partial charge in [-0.3, -0.25) is 0 Å². The number of nitrogens with two attached hydrogens (primary N) is 1. The Morgan fingerprint density at radius 3 is 3.17 bits per heavy atom. The van der Waals surface area contributed by atoms with Crippen molar-refractivity contribution in [2.24, 2.45) is 0 Å². The largest absolute Gasteiger partial charge is 0.394 e. The van der Waals surface area contributed by atoms with Crippen LogP contribution in [-0.4, -0.2) is 19.6 Å². The van der Waals surface area contributed by atoms with Crippen LogP contribution in [0.1, 0.15) is 5.69 Å². The number of nitrogens with one attached hydrogen (secondary N) is 1. The second-order valence-electron chi connectivity index (χ2n) is 2.47. The number of hydrogen-bond acceptors (Lipinski definition) is 4. The van der Waals surface area contributed by atoms with E-state index >= 15 is 0 Å². The molecule has 2 aromatic rings. The highest BCUT2D eigenvalue weighted by Gasteiger charge is 2.05. The second-order valence-corrected chi connectivity index (χ2v) is 2.47. The number of fused-ring (bicyclic) bond motifs is 1. The maximum atomic E-state index is 11.0. The fraction of sp³-hybridized carbons (Fsp3) is 0.167. The molecule has 0 spiro atoms. The van der Waals surface area contributed by atoms with Crippen molar-refractivity contribution in [2.75, 3.05) is 5.73 Å². The summed E-state index contributed by atoms with van der Waals surface area (Å²) in [5.41, 5.74) is 6.82. The molecule has 0 radical (unpaired) electrons. The second kappa shape index (κ2) is 2.07. The Balaban J connectivity index is 3.02. The van der Waals surface area contributed by atoms with Crippen LogP contribution in [0.3, 0.4) is 0 Å². The van der Waals surface area contributed by atoms with Crippen LogP contribution in [0.25, 0.3) is 5.65 Å². The Morgan fingerprint density at radius 2 is 2.42 bits per heavy atom. The van der Waals surface area contributed by atoms with Crippen molar-refractivity contribution in [1.29, 1.82) is 0 Å². The standard InChI is InChI=1S/C6H7N5O/c1-3-4(7)5-9-10-6(12)11(5)2-8-3/h2H,7H2,1H3,(H,10,12). The van der Waals surface area contributed by atoms with Gasteiger partial charge in [-0.2, -0.15) is 5.10 Å². The van der Waals surface area contributed by atoms with Crippen molar-refractivity contribution in [3.8, 4) is 0 Å². The van der Waals surface area contributed by atoms with Crippen molar-refractivity contribution in [3.63, 3.8) is 0 Å². The number of nitrogens with zero attached hydrogens (tertiary/aromatic N) is 3. The fourth-order valence-electron chi connectivity index (χ4n) is 0.977. The molecule has 0 atom stereocenters. The van der Waals surface area contributed by atoms with E-state index < -0.39 is 0 Å². The molecular weight excluding hydrogens is 158 g/mol. The number of H-pyrrole nitrogens is 1. The lowest BCUT2D eigenvalue weighted by molar-refractivity contribution is 0.986. The van der Waals surface area contributed by atoms with Crippen LogP contribution in [0, 0.1) is 6.92 Å². The Morgan fingerprint density at radius 1 is 1.67 bits per heavy atom. The number of aromatic nitrogens is 4. The van der Waals surface area contributed by atoms with Crippen molar-refractivity contribution in [2.45, 2.75) is 6.92 Å². The first kappa shape index (κ1) is 6.84. The molecule has 0 amide bonds. The van der Waals surface area contributed by atoms with Crippen LogP contribution in [-0.2, 0) is 0 Å². The van der Waals surface area contributed by atoms with Gasteiger partial charge in [0.15, 0.2) is 5.65 Å². The SMILES string of the molecule is Cc1ncn2c(=O)[nH]nc2c1N. The molecule has 0 saturated heterocycles. The van der Waals surface area contributed by atoms with Crippen LogP contribution in [0.15, 0.2) is 11.1 Å². The average Bonchev–Trinajstić information content (AvgIpc) is 2.41. The van der Waals surface area contributed by atoms with Gasteiger partial charge in [-0.1, -0.05) is 0 Å². The first-order valence-corrected chi connectivity index (χ1v) is 3.38. The molecule has 3 N–H and O–H groups in total. The van der Waals surface area contributed by atoms with Crippen molar-refractivity contribution in [1.82, 2.24) is 19.6 Å². The Labute approximate surface area is 67.0 Å². The molecule has 0 aliphatic carbocycles. The minimum atomic E-state index is -0.329. The van der Waals surface area contributed by atoms with Gasteiger partial charge in [0.05, 0.1) is 11.4 Å². The zero-order valence-corrected chi connectivity index (χ0v) is 6.40. The van der Waals surface area contributed by atoms with E-state index in [4.69, 9.17) is 5.73 Å². The van der Waals surface area contributed by atoms with E-state index in [0.717, 1.165) is 0 Å². The van der Waals surface area contributed by atoms with E-state index in [1.54, 1.807) is 6.92 Å². The number of aryl methyl sites for hydroxylation is 1. The quantitative estimate of drug-likeness (QED) is 0.540. The van der Waals surface area contributed by atoms with Crippen molar-refractivity contribution >= 4 is 11.3 Å². The highest BCUT2D eigenvalue weighted by atomic mass is 16.1. The van der Waals surface area contributed by atoms with Crippen molar-refractivity contribution < 1.29 is 0 Å². The maximum absolute atomic E-state index is 11.0. The number of anilines is 1. The smallest absolute Gasteiger partial charge is 0.349 e. The number of nitrogen functional groups attached to an aromatic ring is 1. The van der Waals surface area contributed by atoms with Gasteiger partial charge in [0.25, 0.3) is 0 Å². The van der Waals surface area contributed by atoms with Gasteiger partial charge in [0, 0.05) is 0 Å². The van der Waals surface area contributed by atoms with E-state index in [1.165, 1.54) is 10.7 Å². The first-order chi connectivity index (χ1) is 5.70. The normalized spacial score (nSPS) is 10.8. The summed E-state index contributed by atoms with van der Waals surface area (Å²) in [6.07, 6.45) is 1.40. The molecule has 0 fully saturated rings. The molecule has 0 unspecified atom stereocenters. The first-order valence-electron chi connectivity index (χ1n) is 3.38. The van der Waals surface area contributed by atoms with E-state index in [9.17, 15) is 4.79 Å². The summed E-state index contributed by atoms with van der Waals surface area (Å²) in [4.78, 5) is 14.9. The van der Waals surface area contributed by atoms with Gasteiger partial charge >= 0.3 is 5.69 Å². The lowest BCUT2D eigenvalue weighted by atomic mass is 10.4. The summed E-state index contributed by atoms with van der Waals surface area (Å²) in [7, 11) is 0. The lowest BCUT2D eigenvalue weighted by Crippen LogP contribution is -2.10. The Kier molecular flexibility index (Phi) is 1.18. The Bertz CT molecular complexity index is 482. The molecule has 0 bridgehead atoms. The van der Waals surface area contributed by atoms with Crippen LogP contribution in [0.4, 0.5) is 5.69 Å². The third-order valence-electron chi connectivity index (χ3n) is 1.70. The summed E-state index contributed by atoms with van der Waals surface area (Å²) in [6.45, 7) is 1.76. The van der Waals surface area contributed by atoms with E-state index in [0.29, 0.717) is 17.0 Å². The Hall–Kier alpha value is -1.85. The highest BCUT2D eigenvalue weighted by molar-refractivity contribution is 5.65. The predicted octanol–water partition coefficient (Wildman–Crippen LogP) is -0.692. The summed E-state index contributed by atoms with van der Waals surface area (Å²) < 4.78 is 1.27. The van der Waals surface area contributed by atoms with Crippen molar-refractivity contribution in [3.05, 3.63) is 22.5 Å². The van der Waals surface area contributed by atoms with Gasteiger partial charge in [-0.15, -0.1) is 0 Å². The summed E-state index contributed by atoms with van der Waals surface area (Å²) >= 11 is 0. The van der Waals surface area contributed by atoms with Gasteiger partial charge in [-0.05, 0) is 6.92 Å². The van der Waals surface area contributed by atoms with Gasteiger partial charge in [0.1, 0.15) is 6.33 Å². The number of aromatic amines is 1. The molecular formula is C6H7N5O. The maximum Gasteiger partial charge on any atom is 0.349 e. The number of hydrogen-bond donors (Lipinski definition) is 2. The highest BCUT2D eigenvalue weighted by Crippen LogP contribution is 2.10. The molecule has 0 saturated carbocycles. The molecule has 6 heteroatoms. The van der Waals surface area contributed by atoms with E-state index in [1.807, 2.05) is 0 Å². The topological polar surface area (TPSA) is 89.1 Å². The molecule has 0 aliphatic heterocycles. The fourth-order valence-corrected chi connectivity index (χ4v) is 0.977. The average molecular weight is 165 g/mol. The van der Waals surface area contributed by atoms with Crippen LogP contribution >= 0.6 is 0 Å². The molecule has 12 heavy (non-hydrogen) atoms. The molecule has 6 nitrogen and oxygen atoms in total. The molecule has 2 heterocycles. The predicted molar refractivity (Wildman–Crippen MR) is 42.8 cm³/mol. The van der Waals surface area contributed by atoms with E-state index in [-0.39, 0.29) is 5.69 Å². The zero-order valence-electron chi connectivity index (χ0n) is 6.40.